The number of carbonyl (C=O) groups is 2. The number of thiazole rings is 1. The molecule has 0 radical (unpaired) electrons. The molecule has 1 aliphatic heterocycles. The molecule has 2 rings (SSSR count). The highest BCUT2D eigenvalue weighted by molar-refractivity contribution is 7.14. The maximum Gasteiger partial charge on any atom is 0.352 e. The van der Waals surface area contributed by atoms with Crippen molar-refractivity contribution in [1.82, 2.24) is 4.98 Å². The monoisotopic (exact) mass is 323 g/mol. The van der Waals surface area contributed by atoms with E-state index in [0.717, 1.165) is 5.01 Å². The van der Waals surface area contributed by atoms with Crippen LogP contribution in [0, 0.1) is 12.8 Å². The minimum absolute atomic E-state index is 0.0125. The summed E-state index contributed by atoms with van der Waals surface area (Å²) in [6, 6.07) is 0. The summed E-state index contributed by atoms with van der Waals surface area (Å²) in [4.78, 5) is 35.0. The van der Waals surface area contributed by atoms with Crippen molar-refractivity contribution in [2.45, 2.75) is 53.2 Å². The molecule has 1 amide bonds. The number of anilines is 1. The average Bonchev–Trinajstić information content (AvgIpc) is 2.91. The van der Waals surface area contributed by atoms with Gasteiger partial charge in [-0.15, -0.1) is 11.3 Å². The van der Waals surface area contributed by atoms with Crippen molar-refractivity contribution in [3.05, 3.63) is 9.88 Å². The first-order valence-corrected chi connectivity index (χ1v) is 8.06. The second-order valence-electron chi connectivity index (χ2n) is 6.06. The van der Waals surface area contributed by atoms with Crippen LogP contribution in [-0.4, -0.2) is 34.8 Å². The summed E-state index contributed by atoms with van der Waals surface area (Å²) in [5.41, 5.74) is -0.840. The number of aryl methyl sites for hydroxylation is 1. The van der Waals surface area contributed by atoms with Gasteiger partial charge in [0.15, 0.2) is 10.7 Å². The van der Waals surface area contributed by atoms with Crippen molar-refractivity contribution in [3.8, 4) is 0 Å². The molecule has 0 spiro atoms. The van der Waals surface area contributed by atoms with E-state index >= 15 is 0 Å². The number of aromatic nitrogens is 1. The molecule has 1 aromatic rings. The Labute approximate surface area is 134 Å². The van der Waals surface area contributed by atoms with Crippen LogP contribution >= 0.6 is 11.3 Å². The molecule has 0 saturated carbocycles. The van der Waals surface area contributed by atoms with Crippen LogP contribution in [0.1, 0.15) is 49.3 Å². The number of amides is 1. The van der Waals surface area contributed by atoms with Gasteiger partial charge in [-0.25, -0.2) is 14.8 Å². The van der Waals surface area contributed by atoms with Crippen molar-refractivity contribution in [2.75, 3.05) is 4.90 Å². The SMILES string of the molecule is Cc1nc(N2C=NC(=O)C2(C)C(C)C)c(C(=O)OC(C)C)s1. The van der Waals surface area contributed by atoms with E-state index in [1.54, 1.807) is 18.7 Å². The Bertz CT molecular complexity index is 636. The van der Waals surface area contributed by atoms with Crippen LogP contribution in [-0.2, 0) is 9.53 Å². The smallest absolute Gasteiger partial charge is 0.352 e. The molecule has 2 heterocycles. The number of hydrogen-bond acceptors (Lipinski definition) is 6. The van der Waals surface area contributed by atoms with Crippen LogP contribution in [0.5, 0.6) is 0 Å². The second kappa shape index (κ2) is 5.79. The molecule has 1 atom stereocenters. The van der Waals surface area contributed by atoms with E-state index in [1.165, 1.54) is 17.7 Å². The summed E-state index contributed by atoms with van der Waals surface area (Å²) in [5, 5.41) is 0.740. The third-order valence-electron chi connectivity index (χ3n) is 3.82. The van der Waals surface area contributed by atoms with Crippen LogP contribution in [0.2, 0.25) is 0 Å². The predicted octanol–water partition coefficient (Wildman–Crippen LogP) is 2.81. The summed E-state index contributed by atoms with van der Waals surface area (Å²) in [7, 11) is 0. The van der Waals surface area contributed by atoms with Gasteiger partial charge in [0.2, 0.25) is 0 Å². The number of esters is 1. The van der Waals surface area contributed by atoms with E-state index in [4.69, 9.17) is 4.74 Å². The van der Waals surface area contributed by atoms with Crippen molar-refractivity contribution < 1.29 is 14.3 Å². The number of ether oxygens (including phenoxy) is 1. The van der Waals surface area contributed by atoms with E-state index in [2.05, 4.69) is 9.98 Å². The summed E-state index contributed by atoms with van der Waals surface area (Å²) in [6.07, 6.45) is 1.25. The van der Waals surface area contributed by atoms with Gasteiger partial charge in [-0.3, -0.25) is 4.79 Å². The number of nitrogens with zero attached hydrogens (tertiary/aromatic N) is 3. The van der Waals surface area contributed by atoms with Crippen molar-refractivity contribution in [2.24, 2.45) is 10.9 Å². The summed E-state index contributed by atoms with van der Waals surface area (Å²) in [5.74, 6) is -0.191. The topological polar surface area (TPSA) is 71.9 Å². The van der Waals surface area contributed by atoms with Crippen molar-refractivity contribution >= 4 is 35.4 Å². The van der Waals surface area contributed by atoms with E-state index < -0.39 is 11.5 Å². The van der Waals surface area contributed by atoms with Gasteiger partial charge in [0.25, 0.3) is 5.91 Å². The first-order chi connectivity index (χ1) is 10.2. The highest BCUT2D eigenvalue weighted by Crippen LogP contribution is 2.37. The number of hydrogen-bond donors (Lipinski definition) is 0. The molecular formula is C15H21N3O3S. The second-order valence-corrected chi connectivity index (χ2v) is 7.26. The van der Waals surface area contributed by atoms with E-state index in [-0.39, 0.29) is 17.9 Å². The average molecular weight is 323 g/mol. The zero-order valence-corrected chi connectivity index (χ0v) is 14.5. The van der Waals surface area contributed by atoms with Gasteiger partial charge in [-0.05, 0) is 33.6 Å². The minimum Gasteiger partial charge on any atom is -0.459 e. The molecule has 1 aliphatic rings. The molecular weight excluding hydrogens is 302 g/mol. The van der Waals surface area contributed by atoms with Gasteiger partial charge in [-0.1, -0.05) is 13.8 Å². The summed E-state index contributed by atoms with van der Waals surface area (Å²) >= 11 is 1.26. The van der Waals surface area contributed by atoms with Gasteiger partial charge in [0.1, 0.15) is 11.9 Å². The van der Waals surface area contributed by atoms with Gasteiger partial charge in [0, 0.05) is 0 Å². The molecule has 120 valence electrons. The highest BCUT2D eigenvalue weighted by atomic mass is 32.1. The molecule has 0 aliphatic carbocycles. The Morgan fingerprint density at radius 3 is 2.55 bits per heavy atom. The molecule has 22 heavy (non-hydrogen) atoms. The van der Waals surface area contributed by atoms with Gasteiger partial charge in [0.05, 0.1) is 11.1 Å². The van der Waals surface area contributed by atoms with Gasteiger partial charge >= 0.3 is 5.97 Å². The van der Waals surface area contributed by atoms with Crippen LogP contribution < -0.4 is 4.90 Å². The van der Waals surface area contributed by atoms with Gasteiger partial charge in [-0.2, -0.15) is 0 Å². The fraction of sp³-hybridized carbons (Fsp3) is 0.600. The fourth-order valence-electron chi connectivity index (χ4n) is 2.24. The molecule has 1 aromatic heterocycles. The Hall–Kier alpha value is -1.76. The standard InChI is InChI=1S/C15H21N3O3S/c1-8(2)15(6)14(20)16-7-18(15)12-11(22-10(5)17-12)13(19)21-9(3)4/h7-9H,1-6H3. The van der Waals surface area contributed by atoms with Crippen LogP contribution in [0.25, 0.3) is 0 Å². The maximum absolute atomic E-state index is 12.3. The predicted molar refractivity (Wildman–Crippen MR) is 86.6 cm³/mol. The Morgan fingerprint density at radius 2 is 2.00 bits per heavy atom. The lowest BCUT2D eigenvalue weighted by atomic mass is 9.87. The first kappa shape index (κ1) is 16.6. The zero-order valence-electron chi connectivity index (χ0n) is 13.7. The minimum atomic E-state index is -0.840. The normalized spacial score (nSPS) is 21.3. The largest absolute Gasteiger partial charge is 0.459 e. The summed E-state index contributed by atoms with van der Waals surface area (Å²) in [6.45, 7) is 11.1. The molecule has 1 unspecified atom stereocenters. The third-order valence-corrected chi connectivity index (χ3v) is 4.76. The number of aliphatic imine (C=N–C) groups is 1. The first-order valence-electron chi connectivity index (χ1n) is 7.24. The molecule has 0 saturated heterocycles. The molecule has 0 bridgehead atoms. The molecule has 0 aromatic carbocycles. The fourth-order valence-corrected chi connectivity index (χ4v) is 3.04. The van der Waals surface area contributed by atoms with Crippen LogP contribution in [0.15, 0.2) is 4.99 Å². The van der Waals surface area contributed by atoms with E-state index in [0.29, 0.717) is 10.7 Å². The van der Waals surface area contributed by atoms with Gasteiger partial charge < -0.3 is 9.64 Å². The zero-order chi connectivity index (χ0) is 16.7. The molecule has 0 N–H and O–H groups in total. The van der Waals surface area contributed by atoms with Crippen LogP contribution in [0.3, 0.4) is 0 Å². The van der Waals surface area contributed by atoms with E-state index in [9.17, 15) is 9.59 Å². The Balaban J connectivity index is 2.47. The van der Waals surface area contributed by atoms with Crippen LogP contribution in [0.4, 0.5) is 5.82 Å². The summed E-state index contributed by atoms with van der Waals surface area (Å²) < 4.78 is 5.28. The third kappa shape index (κ3) is 2.65. The Kier molecular flexibility index (Phi) is 4.37. The van der Waals surface area contributed by atoms with E-state index in [1.807, 2.05) is 27.7 Å². The quantitative estimate of drug-likeness (QED) is 0.797. The molecule has 7 heteroatoms. The number of carbonyl (C=O) groups excluding carboxylic acids is 2. The van der Waals surface area contributed by atoms with Crippen molar-refractivity contribution in [3.63, 3.8) is 0 Å². The lowest BCUT2D eigenvalue weighted by Crippen LogP contribution is -2.51. The van der Waals surface area contributed by atoms with Crippen molar-refractivity contribution in [1.29, 1.82) is 0 Å². The molecule has 0 fully saturated rings. The maximum atomic E-state index is 12.3. The lowest BCUT2D eigenvalue weighted by molar-refractivity contribution is -0.122. The Morgan fingerprint density at radius 1 is 1.36 bits per heavy atom. The lowest BCUT2D eigenvalue weighted by Gasteiger charge is -2.35. The number of rotatable bonds is 4. The molecule has 6 nitrogen and oxygen atoms in total. The highest BCUT2D eigenvalue weighted by Gasteiger charge is 2.47.